The minimum atomic E-state index is 0.150. The average molecular weight is 361 g/mol. The summed E-state index contributed by atoms with van der Waals surface area (Å²) in [6, 6.07) is 3.93. The molecule has 2 aliphatic heterocycles. The van der Waals surface area contributed by atoms with Crippen molar-refractivity contribution in [3.8, 4) is 0 Å². The number of amides is 1. The van der Waals surface area contributed by atoms with Gasteiger partial charge < -0.3 is 14.2 Å². The van der Waals surface area contributed by atoms with E-state index in [-0.39, 0.29) is 5.91 Å². The molecule has 0 saturated carbocycles. The van der Waals surface area contributed by atoms with Gasteiger partial charge >= 0.3 is 0 Å². The second kappa shape index (κ2) is 7.25. The fraction of sp³-hybridized carbons (Fsp3) is 0.611. The van der Waals surface area contributed by atoms with Crippen LogP contribution in [0.2, 0.25) is 0 Å². The molecular weight excluding hydrogens is 338 g/mol. The predicted octanol–water partition coefficient (Wildman–Crippen LogP) is 3.04. The number of likely N-dealkylation sites (tertiary alicyclic amines) is 1. The summed E-state index contributed by atoms with van der Waals surface area (Å²) in [6.45, 7) is 5.15. The Bertz CT molecular complexity index is 736. The van der Waals surface area contributed by atoms with Gasteiger partial charge in [-0.25, -0.2) is 0 Å². The second-order valence-electron chi connectivity index (χ2n) is 6.96. The third kappa shape index (κ3) is 3.77. The molecule has 0 spiro atoms. The third-order valence-corrected chi connectivity index (χ3v) is 6.04. The van der Waals surface area contributed by atoms with Gasteiger partial charge in [0, 0.05) is 43.5 Å². The number of hydrogen-bond acceptors (Lipinski definition) is 6. The van der Waals surface area contributed by atoms with Gasteiger partial charge in [-0.2, -0.15) is 4.98 Å². The largest absolute Gasteiger partial charge is 0.381 e. The highest BCUT2D eigenvalue weighted by Crippen LogP contribution is 2.27. The van der Waals surface area contributed by atoms with Crippen LogP contribution in [0.4, 0.5) is 0 Å². The summed E-state index contributed by atoms with van der Waals surface area (Å²) in [4.78, 5) is 21.1. The quantitative estimate of drug-likeness (QED) is 0.837. The zero-order valence-corrected chi connectivity index (χ0v) is 15.3. The molecule has 0 bridgehead atoms. The summed E-state index contributed by atoms with van der Waals surface area (Å²) in [6.07, 6.45) is 3.68. The van der Waals surface area contributed by atoms with E-state index in [0.717, 1.165) is 68.6 Å². The fourth-order valence-electron chi connectivity index (χ4n) is 3.61. The van der Waals surface area contributed by atoms with E-state index in [2.05, 4.69) is 10.1 Å². The Morgan fingerprint density at radius 1 is 1.32 bits per heavy atom. The summed E-state index contributed by atoms with van der Waals surface area (Å²) in [7, 11) is 0. The first kappa shape index (κ1) is 16.7. The van der Waals surface area contributed by atoms with E-state index in [1.165, 1.54) is 4.88 Å². The van der Waals surface area contributed by atoms with Crippen molar-refractivity contribution in [1.82, 2.24) is 15.0 Å². The highest BCUT2D eigenvalue weighted by atomic mass is 32.1. The number of carbonyl (C=O) groups is 1. The Labute approximate surface area is 151 Å². The number of carbonyl (C=O) groups excluding carboxylic acids is 1. The van der Waals surface area contributed by atoms with Crippen molar-refractivity contribution < 1.29 is 14.1 Å². The van der Waals surface area contributed by atoms with Crippen molar-refractivity contribution >= 4 is 17.2 Å². The zero-order chi connectivity index (χ0) is 17.2. The zero-order valence-electron chi connectivity index (χ0n) is 14.4. The van der Waals surface area contributed by atoms with Crippen LogP contribution in [0.1, 0.15) is 51.4 Å². The normalized spacial score (nSPS) is 21.8. The van der Waals surface area contributed by atoms with E-state index in [9.17, 15) is 4.79 Å². The van der Waals surface area contributed by atoms with Gasteiger partial charge in [0.1, 0.15) is 0 Å². The van der Waals surface area contributed by atoms with E-state index in [4.69, 9.17) is 9.26 Å². The van der Waals surface area contributed by atoms with Gasteiger partial charge in [-0.1, -0.05) is 5.16 Å². The van der Waals surface area contributed by atoms with Crippen molar-refractivity contribution in [2.45, 2.75) is 38.5 Å². The third-order valence-electron chi connectivity index (χ3n) is 5.05. The number of aryl methyl sites for hydroxylation is 1. The maximum Gasteiger partial charge on any atom is 0.263 e. The summed E-state index contributed by atoms with van der Waals surface area (Å²) < 4.78 is 10.8. The lowest BCUT2D eigenvalue weighted by Crippen LogP contribution is -2.28. The number of aromatic nitrogens is 2. The molecule has 1 unspecified atom stereocenters. The summed E-state index contributed by atoms with van der Waals surface area (Å²) >= 11 is 1.57. The summed E-state index contributed by atoms with van der Waals surface area (Å²) in [5, 5.41) is 4.16. The lowest BCUT2D eigenvalue weighted by molar-refractivity contribution is 0.0778. The first-order valence-corrected chi connectivity index (χ1v) is 9.76. The Kier molecular flexibility index (Phi) is 4.85. The van der Waals surface area contributed by atoms with Gasteiger partial charge in [-0.3, -0.25) is 4.79 Å². The molecule has 2 saturated heterocycles. The van der Waals surface area contributed by atoms with Crippen LogP contribution in [0.3, 0.4) is 0 Å². The maximum atomic E-state index is 12.5. The molecule has 0 radical (unpaired) electrons. The molecule has 7 heteroatoms. The van der Waals surface area contributed by atoms with Gasteiger partial charge in [0.25, 0.3) is 5.91 Å². The van der Waals surface area contributed by atoms with E-state index in [1.807, 2.05) is 24.0 Å². The van der Waals surface area contributed by atoms with Gasteiger partial charge in [0.15, 0.2) is 5.82 Å². The number of thiophene rings is 1. The van der Waals surface area contributed by atoms with Crippen LogP contribution >= 0.6 is 11.3 Å². The molecule has 1 amide bonds. The fourth-order valence-corrected chi connectivity index (χ4v) is 4.44. The minimum absolute atomic E-state index is 0.150. The van der Waals surface area contributed by atoms with Crippen molar-refractivity contribution in [3.63, 3.8) is 0 Å². The summed E-state index contributed by atoms with van der Waals surface area (Å²) in [5.74, 6) is 2.41. The highest BCUT2D eigenvalue weighted by Gasteiger charge is 2.29. The van der Waals surface area contributed by atoms with Crippen LogP contribution in [0, 0.1) is 12.8 Å². The Balaban J connectivity index is 1.33. The molecule has 2 aliphatic rings. The predicted molar refractivity (Wildman–Crippen MR) is 93.9 cm³/mol. The van der Waals surface area contributed by atoms with Gasteiger partial charge in [0.2, 0.25) is 5.89 Å². The number of ether oxygens (including phenoxy) is 1. The van der Waals surface area contributed by atoms with Crippen LogP contribution < -0.4 is 0 Å². The lowest BCUT2D eigenvalue weighted by Gasteiger charge is -2.18. The molecule has 2 aromatic heterocycles. The van der Waals surface area contributed by atoms with Gasteiger partial charge in [-0.05, 0) is 44.2 Å². The second-order valence-corrected chi connectivity index (χ2v) is 8.24. The molecule has 0 N–H and O–H groups in total. The molecule has 25 heavy (non-hydrogen) atoms. The van der Waals surface area contributed by atoms with E-state index >= 15 is 0 Å². The number of nitrogens with zero attached hydrogens (tertiary/aromatic N) is 3. The van der Waals surface area contributed by atoms with Gasteiger partial charge in [0.05, 0.1) is 4.88 Å². The molecule has 0 aromatic carbocycles. The monoisotopic (exact) mass is 361 g/mol. The summed E-state index contributed by atoms with van der Waals surface area (Å²) in [5.41, 5.74) is 0. The van der Waals surface area contributed by atoms with Crippen LogP contribution in [0.15, 0.2) is 16.7 Å². The Morgan fingerprint density at radius 2 is 2.16 bits per heavy atom. The lowest BCUT2D eigenvalue weighted by atomic mass is 10.0. The van der Waals surface area contributed by atoms with Gasteiger partial charge in [-0.15, -0.1) is 11.3 Å². The Hall–Kier alpha value is -1.73. The van der Waals surface area contributed by atoms with Crippen molar-refractivity contribution in [2.24, 2.45) is 5.92 Å². The number of hydrogen-bond donors (Lipinski definition) is 0. The molecule has 4 rings (SSSR count). The molecule has 2 aromatic rings. The first-order chi connectivity index (χ1) is 12.2. The smallest absolute Gasteiger partial charge is 0.263 e. The molecule has 2 fully saturated rings. The molecule has 0 aliphatic carbocycles. The molecule has 4 heterocycles. The van der Waals surface area contributed by atoms with Crippen LogP contribution in [0.25, 0.3) is 0 Å². The average Bonchev–Trinajstić information content (AvgIpc) is 3.37. The number of rotatable bonds is 4. The molecular formula is C18H23N3O3S. The molecule has 6 nitrogen and oxygen atoms in total. The standard InChI is InChI=1S/C18H23N3O3S/c1-12-2-3-15(25-12)18(22)21-7-4-13(11-21)10-16-19-17(24-20-16)14-5-8-23-9-6-14/h2-3,13-14H,4-11H2,1H3. The van der Waals surface area contributed by atoms with Crippen LogP contribution in [-0.4, -0.2) is 47.3 Å². The molecule has 134 valence electrons. The van der Waals surface area contributed by atoms with Crippen molar-refractivity contribution in [2.75, 3.05) is 26.3 Å². The van der Waals surface area contributed by atoms with Crippen LogP contribution in [0.5, 0.6) is 0 Å². The van der Waals surface area contributed by atoms with Crippen molar-refractivity contribution in [3.05, 3.63) is 33.6 Å². The molecule has 1 atom stereocenters. The minimum Gasteiger partial charge on any atom is -0.381 e. The highest BCUT2D eigenvalue weighted by molar-refractivity contribution is 7.13. The van der Waals surface area contributed by atoms with Crippen LogP contribution in [-0.2, 0) is 11.2 Å². The van der Waals surface area contributed by atoms with Crippen molar-refractivity contribution in [1.29, 1.82) is 0 Å². The Morgan fingerprint density at radius 3 is 2.92 bits per heavy atom. The first-order valence-electron chi connectivity index (χ1n) is 8.95. The maximum absolute atomic E-state index is 12.5. The SMILES string of the molecule is Cc1ccc(C(=O)N2CCC(Cc3noc(C4CCOCC4)n3)C2)s1. The van der Waals surface area contributed by atoms with E-state index < -0.39 is 0 Å². The van der Waals surface area contributed by atoms with E-state index in [1.54, 1.807) is 11.3 Å². The van der Waals surface area contributed by atoms with E-state index in [0.29, 0.717) is 11.8 Å². The topological polar surface area (TPSA) is 68.5 Å².